The maximum atomic E-state index is 12.1. The van der Waals surface area contributed by atoms with Gasteiger partial charge < -0.3 is 10.6 Å². The molecule has 1 aromatic carbocycles. The fourth-order valence-corrected chi connectivity index (χ4v) is 2.78. The number of aromatic nitrogens is 1. The first-order valence-electron chi connectivity index (χ1n) is 7.86. The molecule has 2 N–H and O–H groups in total. The number of anilines is 1. The Hall–Kier alpha value is -2.40. The summed E-state index contributed by atoms with van der Waals surface area (Å²) < 4.78 is 0. The van der Waals surface area contributed by atoms with E-state index in [0.717, 1.165) is 12.0 Å². The number of hydrogen-bond acceptors (Lipinski definition) is 3. The second kappa shape index (κ2) is 7.45. The van der Waals surface area contributed by atoms with Gasteiger partial charge in [-0.1, -0.05) is 23.7 Å². The highest BCUT2D eigenvalue weighted by atomic mass is 35.5. The number of nitrogens with zero attached hydrogens (tertiary/aromatic N) is 1. The molecule has 5 nitrogen and oxygen atoms in total. The van der Waals surface area contributed by atoms with E-state index in [1.165, 1.54) is 0 Å². The van der Waals surface area contributed by atoms with Crippen molar-refractivity contribution in [2.45, 2.75) is 18.8 Å². The Labute approximate surface area is 145 Å². The van der Waals surface area contributed by atoms with Crippen LogP contribution in [-0.4, -0.2) is 23.3 Å². The third-order valence-electron chi connectivity index (χ3n) is 4.04. The third-order valence-corrected chi connectivity index (χ3v) is 4.29. The Morgan fingerprint density at radius 2 is 1.83 bits per heavy atom. The number of amides is 2. The molecule has 0 radical (unpaired) electrons. The topological polar surface area (TPSA) is 71.1 Å². The lowest BCUT2D eigenvalue weighted by Crippen LogP contribution is -2.29. The molecule has 0 aliphatic heterocycles. The van der Waals surface area contributed by atoms with Crippen LogP contribution in [0.3, 0.4) is 0 Å². The van der Waals surface area contributed by atoms with Gasteiger partial charge in [0.15, 0.2) is 0 Å². The summed E-state index contributed by atoms with van der Waals surface area (Å²) in [7, 11) is 0. The van der Waals surface area contributed by atoms with Crippen LogP contribution in [0.15, 0.2) is 48.8 Å². The van der Waals surface area contributed by atoms with Gasteiger partial charge in [0.1, 0.15) is 0 Å². The molecule has 124 valence electrons. The summed E-state index contributed by atoms with van der Waals surface area (Å²) in [6.45, 7) is 0.333. The van der Waals surface area contributed by atoms with Crippen LogP contribution in [0.2, 0.25) is 5.02 Å². The van der Waals surface area contributed by atoms with Crippen molar-refractivity contribution in [3.63, 3.8) is 0 Å². The summed E-state index contributed by atoms with van der Waals surface area (Å²) >= 11 is 5.87. The van der Waals surface area contributed by atoms with Crippen molar-refractivity contribution >= 4 is 29.1 Å². The predicted octanol–water partition coefficient (Wildman–Crippen LogP) is 2.98. The molecule has 1 fully saturated rings. The molecule has 1 aliphatic carbocycles. The summed E-state index contributed by atoms with van der Waals surface area (Å²) in [5.74, 6) is 0.126. The first-order chi connectivity index (χ1) is 11.6. The van der Waals surface area contributed by atoms with Crippen LogP contribution in [0, 0.1) is 5.92 Å². The van der Waals surface area contributed by atoms with Gasteiger partial charge in [0.05, 0.1) is 0 Å². The van der Waals surface area contributed by atoms with Crippen LogP contribution in [0.5, 0.6) is 0 Å². The largest absolute Gasteiger partial charge is 0.355 e. The highest BCUT2D eigenvalue weighted by Gasteiger charge is 2.43. The van der Waals surface area contributed by atoms with Gasteiger partial charge in [-0.2, -0.15) is 0 Å². The lowest BCUT2D eigenvalue weighted by Gasteiger charge is -2.06. The number of benzene rings is 1. The normalized spacial score (nSPS) is 18.7. The lowest BCUT2D eigenvalue weighted by molar-refractivity contribution is -0.122. The Morgan fingerprint density at radius 3 is 2.54 bits per heavy atom. The summed E-state index contributed by atoms with van der Waals surface area (Å²) in [6.07, 6.45) is 4.31. The zero-order valence-corrected chi connectivity index (χ0v) is 13.8. The van der Waals surface area contributed by atoms with E-state index in [2.05, 4.69) is 15.6 Å². The van der Waals surface area contributed by atoms with Gasteiger partial charge in [0.25, 0.3) is 0 Å². The Kier molecular flexibility index (Phi) is 5.11. The SMILES string of the molecule is O=C(CCNC(=O)C1CC1c1ccc(Cl)cc1)Nc1ccncc1. The van der Waals surface area contributed by atoms with Crippen LogP contribution in [0.4, 0.5) is 5.69 Å². The molecular weight excluding hydrogens is 326 g/mol. The van der Waals surface area contributed by atoms with Crippen LogP contribution in [-0.2, 0) is 9.59 Å². The number of halogens is 1. The predicted molar refractivity (Wildman–Crippen MR) is 92.8 cm³/mol. The summed E-state index contributed by atoms with van der Waals surface area (Å²) in [5.41, 5.74) is 1.83. The van der Waals surface area contributed by atoms with Crippen molar-refractivity contribution in [1.29, 1.82) is 0 Å². The number of rotatable bonds is 6. The number of nitrogens with one attached hydrogen (secondary N) is 2. The van der Waals surface area contributed by atoms with E-state index in [1.54, 1.807) is 24.5 Å². The Balaban J connectivity index is 1.39. The molecule has 3 rings (SSSR count). The molecule has 24 heavy (non-hydrogen) atoms. The van der Waals surface area contributed by atoms with Gasteiger partial charge in [-0.05, 0) is 42.2 Å². The standard InChI is InChI=1S/C18H18ClN3O2/c19-13-3-1-12(2-4-13)15-11-16(15)18(24)21-10-7-17(23)22-14-5-8-20-9-6-14/h1-6,8-9,15-16H,7,10-11H2,(H,21,24)(H,20,22,23). The molecule has 1 aliphatic rings. The highest BCUT2D eigenvalue weighted by Crippen LogP contribution is 2.47. The maximum Gasteiger partial charge on any atom is 0.226 e. The molecule has 1 saturated carbocycles. The molecule has 0 bridgehead atoms. The van der Waals surface area contributed by atoms with Crippen molar-refractivity contribution in [1.82, 2.24) is 10.3 Å². The van der Waals surface area contributed by atoms with Gasteiger partial charge in [-0.3, -0.25) is 14.6 Å². The minimum atomic E-state index is -0.133. The van der Waals surface area contributed by atoms with Crippen LogP contribution >= 0.6 is 11.6 Å². The highest BCUT2D eigenvalue weighted by molar-refractivity contribution is 6.30. The quantitative estimate of drug-likeness (QED) is 0.847. The smallest absolute Gasteiger partial charge is 0.226 e. The third kappa shape index (κ3) is 4.32. The number of carbonyl (C=O) groups excluding carboxylic acids is 2. The summed E-state index contributed by atoms with van der Waals surface area (Å²) in [5, 5.41) is 6.29. The second-order valence-electron chi connectivity index (χ2n) is 5.83. The molecule has 1 heterocycles. The molecule has 2 amide bonds. The fourth-order valence-electron chi connectivity index (χ4n) is 2.65. The van der Waals surface area contributed by atoms with Crippen molar-refractivity contribution in [2.24, 2.45) is 5.92 Å². The fraction of sp³-hybridized carbons (Fsp3) is 0.278. The molecular formula is C18H18ClN3O2. The van der Waals surface area contributed by atoms with E-state index in [9.17, 15) is 9.59 Å². The van der Waals surface area contributed by atoms with Gasteiger partial charge >= 0.3 is 0 Å². The second-order valence-corrected chi connectivity index (χ2v) is 6.26. The maximum absolute atomic E-state index is 12.1. The van der Waals surface area contributed by atoms with Crippen molar-refractivity contribution in [3.05, 3.63) is 59.4 Å². The van der Waals surface area contributed by atoms with E-state index in [4.69, 9.17) is 11.6 Å². The van der Waals surface area contributed by atoms with Crippen LogP contribution in [0.1, 0.15) is 24.3 Å². The molecule has 0 saturated heterocycles. The van der Waals surface area contributed by atoms with E-state index in [1.807, 2.05) is 24.3 Å². The minimum absolute atomic E-state index is 0.00515. The van der Waals surface area contributed by atoms with Gasteiger partial charge in [0.2, 0.25) is 11.8 Å². The number of pyridine rings is 1. The zero-order chi connectivity index (χ0) is 16.9. The molecule has 2 aromatic rings. The molecule has 1 aromatic heterocycles. The van der Waals surface area contributed by atoms with E-state index in [0.29, 0.717) is 17.3 Å². The Bertz CT molecular complexity index is 719. The first-order valence-corrected chi connectivity index (χ1v) is 8.24. The molecule has 0 spiro atoms. The average molecular weight is 344 g/mol. The van der Waals surface area contributed by atoms with E-state index < -0.39 is 0 Å². The zero-order valence-electron chi connectivity index (χ0n) is 13.0. The van der Waals surface area contributed by atoms with Crippen LogP contribution in [0.25, 0.3) is 0 Å². The number of hydrogen-bond donors (Lipinski definition) is 2. The molecule has 2 unspecified atom stereocenters. The molecule has 2 atom stereocenters. The van der Waals surface area contributed by atoms with Gasteiger partial charge in [0, 0.05) is 42.0 Å². The van der Waals surface area contributed by atoms with E-state index >= 15 is 0 Å². The number of carbonyl (C=O) groups is 2. The molecule has 6 heteroatoms. The minimum Gasteiger partial charge on any atom is -0.355 e. The van der Waals surface area contributed by atoms with Crippen molar-refractivity contribution in [3.8, 4) is 0 Å². The first kappa shape index (κ1) is 16.5. The summed E-state index contributed by atoms with van der Waals surface area (Å²) in [4.78, 5) is 27.8. The Morgan fingerprint density at radius 1 is 1.12 bits per heavy atom. The van der Waals surface area contributed by atoms with Crippen molar-refractivity contribution < 1.29 is 9.59 Å². The van der Waals surface area contributed by atoms with Crippen molar-refractivity contribution in [2.75, 3.05) is 11.9 Å². The van der Waals surface area contributed by atoms with Gasteiger partial charge in [-0.25, -0.2) is 0 Å². The van der Waals surface area contributed by atoms with Gasteiger partial charge in [-0.15, -0.1) is 0 Å². The average Bonchev–Trinajstić information content (AvgIpc) is 3.37. The van der Waals surface area contributed by atoms with Crippen LogP contribution < -0.4 is 10.6 Å². The lowest BCUT2D eigenvalue weighted by atomic mass is 10.1. The monoisotopic (exact) mass is 343 g/mol. The summed E-state index contributed by atoms with van der Waals surface area (Å²) in [6, 6.07) is 11.0. The van der Waals surface area contributed by atoms with E-state index in [-0.39, 0.29) is 30.1 Å².